The van der Waals surface area contributed by atoms with E-state index in [2.05, 4.69) is 74.1 Å². The number of alkyl halides is 3. The van der Waals surface area contributed by atoms with E-state index in [0.717, 1.165) is 61.2 Å². The molecule has 2 saturated heterocycles. The van der Waals surface area contributed by atoms with E-state index in [1.807, 2.05) is 18.2 Å². The lowest BCUT2D eigenvalue weighted by atomic mass is 9.90. The van der Waals surface area contributed by atoms with Crippen molar-refractivity contribution in [2.75, 3.05) is 63.0 Å². The molecular formula is C57H59F3N12O6. The second kappa shape index (κ2) is 19.7. The van der Waals surface area contributed by atoms with E-state index < -0.39 is 41.8 Å². The summed E-state index contributed by atoms with van der Waals surface area (Å²) >= 11 is 0. The molecule has 0 saturated carbocycles. The first-order chi connectivity index (χ1) is 37.2. The van der Waals surface area contributed by atoms with Crippen molar-refractivity contribution < 1.29 is 37.5 Å². The van der Waals surface area contributed by atoms with Crippen LogP contribution in [0.3, 0.4) is 0 Å². The van der Waals surface area contributed by atoms with Gasteiger partial charge < -0.3 is 34.7 Å². The number of nitrogens with zero attached hydrogens (tertiary/aromatic N) is 10. The highest BCUT2D eigenvalue weighted by Gasteiger charge is 2.42. The number of halogens is 3. The highest BCUT2D eigenvalue weighted by molar-refractivity contribution is 6.34. The standard InChI is InChI=1S/C57H59F3N12O6/c1-7-49(74)64-43-24-35(63-50-55(78)66(6)30-44(65-50)39-13-16-62-51(42(39)31-73)71-21-20-70-46(54(71)77)23-34-27-56(4,5)28-47(34)70)8-11-45(43)69-19-18-67(29-33(69)3)36-14-17-68(32(2)22-36)37-9-10-40-41(25-37)53(76)72(52(40)75)38-12-15-61-48(26-38)57(58,59)60/h7-13,15-16,23-26,30,32-33,36,73H,1,14,17-22,27-29,31H2,2-6H3,(H,63,65)(H,64,74)/t32-,33+,36?/m1/s1. The van der Waals surface area contributed by atoms with Gasteiger partial charge in [-0.3, -0.25) is 38.8 Å². The zero-order valence-electron chi connectivity index (χ0n) is 43.9. The highest BCUT2D eigenvalue weighted by atomic mass is 19.4. The smallest absolute Gasteiger partial charge is 0.392 e. The van der Waals surface area contributed by atoms with Crippen LogP contribution in [0.25, 0.3) is 11.3 Å². The van der Waals surface area contributed by atoms with Gasteiger partial charge in [-0.25, -0.2) is 14.9 Å². The Kier molecular flexibility index (Phi) is 13.1. The molecule has 4 aromatic heterocycles. The van der Waals surface area contributed by atoms with Gasteiger partial charge in [0.05, 0.1) is 40.5 Å². The first-order valence-corrected chi connectivity index (χ1v) is 26.1. The number of piperazine rings is 1. The van der Waals surface area contributed by atoms with E-state index in [-0.39, 0.29) is 52.1 Å². The number of aromatic nitrogens is 5. The predicted molar refractivity (Wildman–Crippen MR) is 290 cm³/mol. The number of fused-ring (bicyclic) bond motifs is 4. The minimum Gasteiger partial charge on any atom is -0.392 e. The van der Waals surface area contributed by atoms with E-state index in [1.54, 1.807) is 54.7 Å². The van der Waals surface area contributed by atoms with Gasteiger partial charge in [0.25, 0.3) is 23.3 Å². The number of imide groups is 1. The predicted octanol–water partition coefficient (Wildman–Crippen LogP) is 7.57. The monoisotopic (exact) mass is 1060 g/mol. The van der Waals surface area contributed by atoms with Crippen LogP contribution in [-0.4, -0.2) is 109 Å². The van der Waals surface area contributed by atoms with Crippen LogP contribution in [-0.2, 0) is 44.0 Å². The first-order valence-electron chi connectivity index (χ1n) is 26.1. The van der Waals surface area contributed by atoms with Crippen molar-refractivity contribution >= 4 is 63.7 Å². The molecule has 1 aliphatic carbocycles. The van der Waals surface area contributed by atoms with E-state index >= 15 is 0 Å². The van der Waals surface area contributed by atoms with Gasteiger partial charge in [-0.1, -0.05) is 20.4 Å². The third-order valence-electron chi connectivity index (χ3n) is 15.9. The summed E-state index contributed by atoms with van der Waals surface area (Å²) in [5.41, 5.74) is 5.35. The molecule has 3 atom stereocenters. The fourth-order valence-electron chi connectivity index (χ4n) is 12.2. The van der Waals surface area contributed by atoms with Crippen molar-refractivity contribution in [3.8, 4) is 11.3 Å². The van der Waals surface area contributed by atoms with Gasteiger partial charge in [0.15, 0.2) is 5.82 Å². The maximum absolute atomic E-state index is 14.1. The van der Waals surface area contributed by atoms with Gasteiger partial charge in [-0.15, -0.1) is 0 Å². The van der Waals surface area contributed by atoms with Gasteiger partial charge >= 0.3 is 6.18 Å². The number of amides is 4. The van der Waals surface area contributed by atoms with Gasteiger partial charge in [-0.2, -0.15) is 13.2 Å². The Labute approximate surface area is 447 Å². The Morgan fingerprint density at radius 1 is 0.846 bits per heavy atom. The van der Waals surface area contributed by atoms with E-state index in [9.17, 15) is 42.3 Å². The van der Waals surface area contributed by atoms with Crippen LogP contribution < -0.4 is 35.8 Å². The number of nitrogens with one attached hydrogen (secondary N) is 2. The molecule has 4 amide bonds. The summed E-state index contributed by atoms with van der Waals surface area (Å²) in [5, 5.41) is 17.0. The van der Waals surface area contributed by atoms with Crippen LogP contribution in [0.4, 0.5) is 53.2 Å². The van der Waals surface area contributed by atoms with Crippen LogP contribution in [0.5, 0.6) is 0 Å². The van der Waals surface area contributed by atoms with Crippen LogP contribution >= 0.6 is 0 Å². The summed E-state index contributed by atoms with van der Waals surface area (Å²) in [7, 11) is 1.61. The number of carbonyl (C=O) groups is 4. The zero-order valence-corrected chi connectivity index (χ0v) is 43.9. The third-order valence-corrected chi connectivity index (χ3v) is 15.9. The van der Waals surface area contributed by atoms with Gasteiger partial charge in [0.2, 0.25) is 5.91 Å². The first kappa shape index (κ1) is 51.9. The number of benzene rings is 2. The fraction of sp³-hybridized carbons (Fsp3) is 0.368. The second-order valence-electron chi connectivity index (χ2n) is 21.7. The fourth-order valence-corrected chi connectivity index (χ4v) is 12.2. The van der Waals surface area contributed by atoms with Crippen LogP contribution in [0.1, 0.15) is 94.3 Å². The molecule has 21 heteroatoms. The average molecular weight is 1070 g/mol. The summed E-state index contributed by atoms with van der Waals surface area (Å²) in [6, 6.07) is 16.4. The number of aliphatic hydroxyl groups is 1. The molecule has 0 radical (unpaired) electrons. The number of pyridine rings is 2. The van der Waals surface area contributed by atoms with Crippen LogP contribution in [0.15, 0.2) is 96.7 Å². The van der Waals surface area contributed by atoms with Crippen molar-refractivity contribution in [3.63, 3.8) is 0 Å². The normalized spacial score (nSPS) is 20.2. The molecule has 0 spiro atoms. The molecule has 11 rings (SSSR count). The largest absolute Gasteiger partial charge is 0.433 e. The average Bonchev–Trinajstić information content (AvgIpc) is 4.23. The Morgan fingerprint density at radius 3 is 2.37 bits per heavy atom. The van der Waals surface area contributed by atoms with Crippen LogP contribution in [0.2, 0.25) is 0 Å². The van der Waals surface area contributed by atoms with Crippen molar-refractivity contribution in [1.29, 1.82) is 0 Å². The number of rotatable bonds is 11. The number of carbonyl (C=O) groups excluding carboxylic acids is 4. The molecule has 5 aliphatic rings. The summed E-state index contributed by atoms with van der Waals surface area (Å²) in [6.45, 7) is 15.7. The topological polar surface area (TPSA) is 194 Å². The quantitative estimate of drug-likeness (QED) is 0.0851. The van der Waals surface area contributed by atoms with Crippen molar-refractivity contribution in [3.05, 3.63) is 142 Å². The van der Waals surface area contributed by atoms with Crippen molar-refractivity contribution in [1.82, 2.24) is 29.0 Å². The maximum atomic E-state index is 14.1. The molecule has 0 bridgehead atoms. The minimum atomic E-state index is -4.75. The van der Waals surface area contributed by atoms with Gasteiger partial charge in [0, 0.05) is 111 Å². The third kappa shape index (κ3) is 9.26. The molecule has 2 fully saturated rings. The number of aryl methyl sites for hydroxylation is 1. The van der Waals surface area contributed by atoms with Crippen LogP contribution in [0, 0.1) is 5.41 Å². The summed E-state index contributed by atoms with van der Waals surface area (Å²) in [5.74, 6) is -1.67. The lowest BCUT2D eigenvalue weighted by molar-refractivity contribution is -0.141. The molecule has 1 unspecified atom stereocenters. The molecule has 6 aromatic rings. The Morgan fingerprint density at radius 2 is 1.63 bits per heavy atom. The lowest BCUT2D eigenvalue weighted by Gasteiger charge is -2.48. The summed E-state index contributed by atoms with van der Waals surface area (Å²) < 4.78 is 43.9. The van der Waals surface area contributed by atoms with Crippen molar-refractivity contribution in [2.24, 2.45) is 12.5 Å². The van der Waals surface area contributed by atoms with E-state index in [0.29, 0.717) is 72.0 Å². The number of piperidine rings is 1. The molecule has 2 aromatic carbocycles. The molecule has 404 valence electrons. The molecule has 78 heavy (non-hydrogen) atoms. The number of hydrogen-bond donors (Lipinski definition) is 3. The Hall–Kier alpha value is -8.17. The minimum absolute atomic E-state index is 0.00373. The maximum Gasteiger partial charge on any atom is 0.433 e. The van der Waals surface area contributed by atoms with E-state index in [4.69, 9.17) is 4.98 Å². The highest BCUT2D eigenvalue weighted by Crippen LogP contribution is 2.42. The zero-order chi connectivity index (χ0) is 55.1. The molecule has 4 aliphatic heterocycles. The SMILES string of the molecule is C=CC(=O)Nc1cc(Nc2nc(-c3ccnc(N4CCn5c(cc6c5CC(C)(C)C6)C4=O)c3CO)cn(C)c2=O)ccc1N1CCN(C2CCN(c3ccc4c(c3)C(=O)N(c3ccnc(C(F)(F)F)c3)C4=O)[C@H](C)C2)C[C@@H]1C. The summed E-state index contributed by atoms with van der Waals surface area (Å²) in [6.07, 6.45) is 3.96. The molecule has 8 heterocycles. The van der Waals surface area contributed by atoms with E-state index in [1.165, 1.54) is 28.0 Å². The summed E-state index contributed by atoms with van der Waals surface area (Å²) in [4.78, 5) is 89.8. The molecular weight excluding hydrogens is 1010 g/mol. The Bertz CT molecular complexity index is 3540. The molecule has 18 nitrogen and oxygen atoms in total. The lowest BCUT2D eigenvalue weighted by Crippen LogP contribution is -2.58. The van der Waals surface area contributed by atoms with Gasteiger partial charge in [-0.05, 0) is 117 Å². The molecule has 3 N–H and O–H groups in total. The van der Waals surface area contributed by atoms with Gasteiger partial charge in [0.1, 0.15) is 17.2 Å². The Balaban J connectivity index is 0.773. The number of aliphatic hydroxyl groups excluding tert-OH is 1. The second-order valence-corrected chi connectivity index (χ2v) is 21.7. The number of hydrogen-bond acceptors (Lipinski definition) is 13. The number of anilines is 7. The van der Waals surface area contributed by atoms with Crippen molar-refractivity contribution in [2.45, 2.75) is 90.8 Å².